The van der Waals surface area contributed by atoms with Gasteiger partial charge >= 0.3 is 17.8 Å². The Morgan fingerprint density at radius 3 is 2.38 bits per heavy atom. The van der Waals surface area contributed by atoms with E-state index >= 15 is 0 Å². The predicted molar refractivity (Wildman–Crippen MR) is 119 cm³/mol. The molecule has 0 aliphatic carbocycles. The fraction of sp³-hybridized carbons (Fsp3) is 0.217. The molecule has 9 nitrogen and oxygen atoms in total. The number of anilines is 2. The first kappa shape index (κ1) is 22.5. The molecule has 2 amide bonds. The molecule has 0 aliphatic heterocycles. The van der Waals surface area contributed by atoms with Crippen LogP contribution >= 0.6 is 0 Å². The minimum atomic E-state index is -0.792. The molecule has 3 rings (SSSR count). The van der Waals surface area contributed by atoms with Crippen LogP contribution in [0.5, 0.6) is 5.75 Å². The molecule has 3 aromatic rings. The van der Waals surface area contributed by atoms with Gasteiger partial charge in [0.1, 0.15) is 11.6 Å². The number of esters is 1. The van der Waals surface area contributed by atoms with E-state index in [9.17, 15) is 14.4 Å². The number of nitrogens with zero attached hydrogens (tertiary/aromatic N) is 2. The molecule has 166 valence electrons. The van der Waals surface area contributed by atoms with Crippen LogP contribution in [0.2, 0.25) is 0 Å². The molecule has 0 unspecified atom stereocenters. The monoisotopic (exact) mass is 436 g/mol. The van der Waals surface area contributed by atoms with Crippen LogP contribution in [0.25, 0.3) is 11.4 Å². The van der Waals surface area contributed by atoms with Gasteiger partial charge in [-0.25, -0.2) is 4.98 Å². The second-order valence-electron chi connectivity index (χ2n) is 6.90. The van der Waals surface area contributed by atoms with Gasteiger partial charge in [0.05, 0.1) is 13.7 Å². The average molecular weight is 436 g/mol. The van der Waals surface area contributed by atoms with Gasteiger partial charge in [0, 0.05) is 42.8 Å². The molecule has 0 saturated carbocycles. The Morgan fingerprint density at radius 1 is 1.00 bits per heavy atom. The Labute approximate surface area is 185 Å². The second-order valence-corrected chi connectivity index (χ2v) is 6.90. The number of hydrogen-bond acceptors (Lipinski definition) is 6. The van der Waals surface area contributed by atoms with Crippen LogP contribution in [0.4, 0.5) is 11.4 Å². The summed E-state index contributed by atoms with van der Waals surface area (Å²) in [7, 11) is 3.22. The largest absolute Gasteiger partial charge is 0.494 e. The normalized spacial score (nSPS) is 10.3. The van der Waals surface area contributed by atoms with Gasteiger partial charge in [0.15, 0.2) is 0 Å². The fourth-order valence-electron chi connectivity index (χ4n) is 2.90. The lowest BCUT2D eigenvalue weighted by Gasteiger charge is -2.09. The lowest BCUT2D eigenvalue weighted by molar-refractivity contribution is -0.140. The summed E-state index contributed by atoms with van der Waals surface area (Å²) in [5, 5.41) is 5.14. The maximum absolute atomic E-state index is 12.3. The van der Waals surface area contributed by atoms with Gasteiger partial charge in [0.25, 0.3) is 0 Å². The van der Waals surface area contributed by atoms with Crippen LogP contribution in [-0.4, -0.2) is 41.1 Å². The number of rotatable bonds is 8. The third kappa shape index (κ3) is 6.18. The number of aromatic nitrogens is 2. The fourth-order valence-corrected chi connectivity index (χ4v) is 2.90. The highest BCUT2D eigenvalue weighted by molar-refractivity contribution is 6.43. The Hall–Kier alpha value is -4.14. The summed E-state index contributed by atoms with van der Waals surface area (Å²) in [6.07, 6.45) is 4.33. The van der Waals surface area contributed by atoms with Gasteiger partial charge in [0.2, 0.25) is 0 Å². The number of benzene rings is 2. The molecule has 2 aromatic carbocycles. The number of imidazole rings is 1. The van der Waals surface area contributed by atoms with Gasteiger partial charge in [-0.2, -0.15) is 0 Å². The second kappa shape index (κ2) is 10.8. The molecule has 0 atom stereocenters. The molecule has 1 aromatic heterocycles. The van der Waals surface area contributed by atoms with Crippen LogP contribution < -0.4 is 15.4 Å². The third-order valence-electron chi connectivity index (χ3n) is 4.54. The van der Waals surface area contributed by atoms with Crippen molar-refractivity contribution in [2.24, 2.45) is 7.05 Å². The maximum Gasteiger partial charge on any atom is 0.314 e. The van der Waals surface area contributed by atoms with Crippen molar-refractivity contribution in [2.45, 2.75) is 12.8 Å². The number of hydrogen-bond donors (Lipinski definition) is 2. The van der Waals surface area contributed by atoms with Crippen LogP contribution in [0.3, 0.4) is 0 Å². The number of ether oxygens (including phenoxy) is 2. The van der Waals surface area contributed by atoms with Crippen LogP contribution in [0.15, 0.2) is 60.9 Å². The summed E-state index contributed by atoms with van der Waals surface area (Å²) in [6.45, 7) is 0.362. The molecular weight excluding hydrogens is 412 g/mol. The zero-order chi connectivity index (χ0) is 22.9. The van der Waals surface area contributed by atoms with E-state index in [0.29, 0.717) is 30.2 Å². The van der Waals surface area contributed by atoms with Gasteiger partial charge in [-0.15, -0.1) is 0 Å². The smallest absolute Gasteiger partial charge is 0.314 e. The van der Waals surface area contributed by atoms with Crippen LogP contribution in [0.1, 0.15) is 12.8 Å². The first-order valence-electron chi connectivity index (χ1n) is 9.96. The molecule has 32 heavy (non-hydrogen) atoms. The number of amides is 2. The summed E-state index contributed by atoms with van der Waals surface area (Å²) >= 11 is 0. The maximum atomic E-state index is 12.3. The Kier molecular flexibility index (Phi) is 7.58. The van der Waals surface area contributed by atoms with Gasteiger partial charge in [-0.1, -0.05) is 12.1 Å². The first-order valence-corrected chi connectivity index (χ1v) is 9.96. The zero-order valence-corrected chi connectivity index (χ0v) is 17.8. The van der Waals surface area contributed by atoms with Crippen molar-refractivity contribution < 1.29 is 23.9 Å². The third-order valence-corrected chi connectivity index (χ3v) is 4.54. The van der Waals surface area contributed by atoms with Crippen molar-refractivity contribution in [3.8, 4) is 17.1 Å². The number of nitrogens with one attached hydrogen (secondary N) is 2. The highest BCUT2D eigenvalue weighted by atomic mass is 16.5. The minimum absolute atomic E-state index is 0.282. The molecular formula is C23H24N4O5. The van der Waals surface area contributed by atoms with E-state index in [-0.39, 0.29) is 12.4 Å². The number of carbonyl (C=O) groups is 3. The molecule has 0 saturated heterocycles. The minimum Gasteiger partial charge on any atom is -0.494 e. The van der Waals surface area contributed by atoms with E-state index in [1.54, 1.807) is 48.7 Å². The molecule has 0 bridgehead atoms. The van der Waals surface area contributed by atoms with Crippen LogP contribution in [-0.2, 0) is 26.2 Å². The molecule has 0 fully saturated rings. The molecule has 2 N–H and O–H groups in total. The van der Waals surface area contributed by atoms with Crippen molar-refractivity contribution in [1.29, 1.82) is 0 Å². The lowest BCUT2D eigenvalue weighted by Crippen LogP contribution is -2.29. The topological polar surface area (TPSA) is 112 Å². The summed E-state index contributed by atoms with van der Waals surface area (Å²) in [6, 6.07) is 13.7. The Balaban J connectivity index is 1.51. The van der Waals surface area contributed by atoms with Crippen molar-refractivity contribution >= 4 is 29.2 Å². The summed E-state index contributed by atoms with van der Waals surface area (Å²) in [5.74, 6) is -0.529. The predicted octanol–water partition coefficient (Wildman–Crippen LogP) is 3.00. The van der Waals surface area contributed by atoms with E-state index in [2.05, 4.69) is 20.4 Å². The Bertz CT molecular complexity index is 1090. The van der Waals surface area contributed by atoms with Crippen LogP contribution in [0, 0.1) is 0 Å². The van der Waals surface area contributed by atoms with Crippen molar-refractivity contribution in [3.05, 3.63) is 60.9 Å². The molecule has 9 heteroatoms. The average Bonchev–Trinajstić information content (AvgIpc) is 3.23. The quantitative estimate of drug-likeness (QED) is 0.319. The van der Waals surface area contributed by atoms with E-state index in [1.807, 2.05) is 23.9 Å². The summed E-state index contributed by atoms with van der Waals surface area (Å²) in [4.78, 5) is 39.9. The number of methoxy groups -OCH3 is 1. The summed E-state index contributed by atoms with van der Waals surface area (Å²) in [5.41, 5.74) is 1.76. The highest BCUT2D eigenvalue weighted by Gasteiger charge is 2.15. The molecule has 1 heterocycles. The summed E-state index contributed by atoms with van der Waals surface area (Å²) < 4.78 is 12.0. The lowest BCUT2D eigenvalue weighted by atomic mass is 10.2. The number of carbonyl (C=O) groups excluding carboxylic acids is 3. The van der Waals surface area contributed by atoms with Crippen molar-refractivity contribution in [1.82, 2.24) is 9.55 Å². The molecule has 0 radical (unpaired) electrons. The van der Waals surface area contributed by atoms with Gasteiger partial charge < -0.3 is 24.7 Å². The van der Waals surface area contributed by atoms with E-state index < -0.39 is 11.8 Å². The van der Waals surface area contributed by atoms with E-state index in [0.717, 1.165) is 11.4 Å². The number of aryl methyl sites for hydroxylation is 1. The van der Waals surface area contributed by atoms with Gasteiger partial charge in [-0.05, 0) is 42.8 Å². The standard InChI is InChI=1S/C23H24N4O5/c1-27-13-12-24-21(27)16-5-3-6-18(15-16)26-23(30)22(29)25-17-8-10-19(11-9-17)32-14-4-7-20(28)31-2/h3,5-6,8-13,15H,4,7,14H2,1-2H3,(H,25,29)(H,26,30). The molecule has 0 spiro atoms. The van der Waals surface area contributed by atoms with E-state index in [4.69, 9.17) is 4.74 Å². The zero-order valence-electron chi connectivity index (χ0n) is 17.8. The van der Waals surface area contributed by atoms with Gasteiger partial charge in [-0.3, -0.25) is 14.4 Å². The van der Waals surface area contributed by atoms with Crippen molar-refractivity contribution in [3.63, 3.8) is 0 Å². The highest BCUT2D eigenvalue weighted by Crippen LogP contribution is 2.21. The first-order chi connectivity index (χ1) is 15.5. The molecule has 0 aliphatic rings. The Morgan fingerprint density at radius 2 is 1.72 bits per heavy atom. The SMILES string of the molecule is COC(=O)CCCOc1ccc(NC(=O)C(=O)Nc2cccc(-c3nccn3C)c2)cc1. The van der Waals surface area contributed by atoms with E-state index in [1.165, 1.54) is 7.11 Å². The van der Waals surface area contributed by atoms with Crippen molar-refractivity contribution in [2.75, 3.05) is 24.4 Å².